The molecule has 5 heteroatoms. The molecule has 5 nitrogen and oxygen atoms in total. The number of aryl methyl sites for hydroxylation is 1. The molecule has 0 bridgehead atoms. The number of ether oxygens (including phenoxy) is 1. The van der Waals surface area contributed by atoms with Crippen LogP contribution in [0, 0.1) is 0 Å². The summed E-state index contributed by atoms with van der Waals surface area (Å²) in [4.78, 5) is 18.6. The summed E-state index contributed by atoms with van der Waals surface area (Å²) in [5, 5.41) is 3.13. The highest BCUT2D eigenvalue weighted by atomic mass is 16.5. The number of unbranched alkanes of at least 4 members (excludes halogenated alkanes) is 1. The van der Waals surface area contributed by atoms with Crippen LogP contribution in [-0.4, -0.2) is 29.2 Å². The number of hydrogen-bond donors (Lipinski definition) is 2. The predicted molar refractivity (Wildman–Crippen MR) is 77.7 cm³/mol. The minimum absolute atomic E-state index is 0.0953. The molecule has 0 radical (unpaired) electrons. The number of aromatic nitrogens is 2. The van der Waals surface area contributed by atoms with Gasteiger partial charge in [-0.05, 0) is 33.1 Å². The van der Waals surface area contributed by atoms with Crippen molar-refractivity contribution >= 4 is 5.95 Å². The second-order valence-electron chi connectivity index (χ2n) is 4.89. The Morgan fingerprint density at radius 1 is 1.42 bits per heavy atom. The fourth-order valence-corrected chi connectivity index (χ4v) is 1.68. The molecule has 0 atom stereocenters. The fourth-order valence-electron chi connectivity index (χ4n) is 1.68. The molecule has 0 saturated carbocycles. The van der Waals surface area contributed by atoms with Gasteiger partial charge in [-0.2, -0.15) is 0 Å². The van der Waals surface area contributed by atoms with E-state index >= 15 is 0 Å². The molecule has 0 aromatic carbocycles. The van der Waals surface area contributed by atoms with Crippen LogP contribution in [0.5, 0.6) is 0 Å². The van der Waals surface area contributed by atoms with Crippen LogP contribution in [0.4, 0.5) is 5.95 Å². The van der Waals surface area contributed by atoms with Gasteiger partial charge in [0.2, 0.25) is 5.95 Å². The molecule has 0 spiro atoms. The Morgan fingerprint density at radius 2 is 2.21 bits per heavy atom. The van der Waals surface area contributed by atoms with Crippen molar-refractivity contribution in [2.45, 2.75) is 52.6 Å². The average Bonchev–Trinajstić information content (AvgIpc) is 2.35. The highest BCUT2D eigenvalue weighted by Crippen LogP contribution is 2.02. The maximum absolute atomic E-state index is 11.5. The average molecular weight is 267 g/mol. The summed E-state index contributed by atoms with van der Waals surface area (Å²) >= 11 is 0. The monoisotopic (exact) mass is 267 g/mol. The second kappa shape index (κ2) is 8.69. The van der Waals surface area contributed by atoms with E-state index in [2.05, 4.69) is 22.2 Å². The van der Waals surface area contributed by atoms with E-state index in [0.717, 1.165) is 37.9 Å². The molecule has 1 aromatic heterocycles. The van der Waals surface area contributed by atoms with E-state index in [1.165, 1.54) is 0 Å². The molecule has 0 saturated heterocycles. The number of aromatic amines is 1. The summed E-state index contributed by atoms with van der Waals surface area (Å²) in [6, 6.07) is 1.57. The Bertz CT molecular complexity index is 415. The predicted octanol–water partition coefficient (Wildman–Crippen LogP) is 2.34. The van der Waals surface area contributed by atoms with Gasteiger partial charge in [0, 0.05) is 24.9 Å². The number of H-pyrrole nitrogens is 1. The first-order valence-corrected chi connectivity index (χ1v) is 7.07. The third kappa shape index (κ3) is 6.96. The van der Waals surface area contributed by atoms with Gasteiger partial charge in [0.15, 0.2) is 0 Å². The van der Waals surface area contributed by atoms with Gasteiger partial charge in [-0.15, -0.1) is 0 Å². The van der Waals surface area contributed by atoms with Gasteiger partial charge in [0.1, 0.15) is 0 Å². The van der Waals surface area contributed by atoms with E-state index < -0.39 is 0 Å². The number of hydrogen-bond acceptors (Lipinski definition) is 4. The van der Waals surface area contributed by atoms with Crippen LogP contribution in [0.3, 0.4) is 0 Å². The number of nitrogens with one attached hydrogen (secondary N) is 2. The number of rotatable bonds is 9. The van der Waals surface area contributed by atoms with E-state index in [1.807, 2.05) is 13.8 Å². The number of anilines is 1. The molecule has 0 fully saturated rings. The molecule has 108 valence electrons. The Hall–Kier alpha value is -1.36. The molecule has 1 aromatic rings. The summed E-state index contributed by atoms with van der Waals surface area (Å²) in [7, 11) is 0. The maximum Gasteiger partial charge on any atom is 0.252 e. The lowest BCUT2D eigenvalue weighted by molar-refractivity contribution is 0.0787. The lowest BCUT2D eigenvalue weighted by atomic mass is 10.2. The minimum Gasteiger partial charge on any atom is -0.379 e. The largest absolute Gasteiger partial charge is 0.379 e. The highest BCUT2D eigenvalue weighted by molar-refractivity contribution is 5.24. The lowest BCUT2D eigenvalue weighted by Gasteiger charge is -2.09. The van der Waals surface area contributed by atoms with Crippen molar-refractivity contribution in [2.24, 2.45) is 0 Å². The topological polar surface area (TPSA) is 67.0 Å². The normalized spacial score (nSPS) is 10.9. The molecule has 0 aliphatic carbocycles. The van der Waals surface area contributed by atoms with E-state index in [0.29, 0.717) is 12.6 Å². The minimum atomic E-state index is -0.0953. The molecular formula is C14H25N3O2. The summed E-state index contributed by atoms with van der Waals surface area (Å²) < 4.78 is 5.45. The van der Waals surface area contributed by atoms with Crippen LogP contribution in [0.2, 0.25) is 0 Å². The third-order valence-electron chi connectivity index (χ3n) is 2.65. The molecule has 0 aliphatic rings. The summed E-state index contributed by atoms with van der Waals surface area (Å²) in [6.45, 7) is 7.62. The van der Waals surface area contributed by atoms with Gasteiger partial charge in [-0.1, -0.05) is 13.3 Å². The zero-order chi connectivity index (χ0) is 14.1. The van der Waals surface area contributed by atoms with E-state index in [1.54, 1.807) is 6.07 Å². The van der Waals surface area contributed by atoms with Crippen molar-refractivity contribution in [1.82, 2.24) is 9.97 Å². The van der Waals surface area contributed by atoms with Gasteiger partial charge in [-0.25, -0.2) is 4.98 Å². The van der Waals surface area contributed by atoms with Crippen molar-refractivity contribution in [2.75, 3.05) is 18.5 Å². The smallest absolute Gasteiger partial charge is 0.252 e. The first-order valence-electron chi connectivity index (χ1n) is 7.07. The Labute approximate surface area is 114 Å². The fraction of sp³-hybridized carbons (Fsp3) is 0.714. The Balaban J connectivity index is 2.40. The first kappa shape index (κ1) is 15.7. The molecule has 0 amide bonds. The van der Waals surface area contributed by atoms with Gasteiger partial charge < -0.3 is 10.1 Å². The molecule has 1 heterocycles. The van der Waals surface area contributed by atoms with Crippen LogP contribution < -0.4 is 10.9 Å². The van der Waals surface area contributed by atoms with Crippen molar-refractivity contribution in [3.05, 3.63) is 22.1 Å². The SMILES string of the molecule is CCCCc1cc(=O)[nH]c(NCCCOC(C)C)n1. The molecule has 19 heavy (non-hydrogen) atoms. The Kier molecular flexibility index (Phi) is 7.18. The molecule has 1 rings (SSSR count). The second-order valence-corrected chi connectivity index (χ2v) is 4.89. The van der Waals surface area contributed by atoms with Crippen LogP contribution >= 0.6 is 0 Å². The number of nitrogens with zero attached hydrogens (tertiary/aromatic N) is 1. The van der Waals surface area contributed by atoms with E-state index in [-0.39, 0.29) is 11.7 Å². The van der Waals surface area contributed by atoms with Crippen LogP contribution in [-0.2, 0) is 11.2 Å². The standard InChI is InChI=1S/C14H25N3O2/c1-4-5-7-12-10-13(18)17-14(16-12)15-8-6-9-19-11(2)3/h10-11H,4-9H2,1-3H3,(H2,15,16,17,18). The van der Waals surface area contributed by atoms with Gasteiger partial charge in [0.05, 0.1) is 6.10 Å². The van der Waals surface area contributed by atoms with Gasteiger partial charge in [0.25, 0.3) is 5.56 Å². The molecular weight excluding hydrogens is 242 g/mol. The Morgan fingerprint density at radius 3 is 2.89 bits per heavy atom. The first-order chi connectivity index (χ1) is 9.11. The zero-order valence-corrected chi connectivity index (χ0v) is 12.2. The van der Waals surface area contributed by atoms with Crippen LogP contribution in [0.15, 0.2) is 10.9 Å². The van der Waals surface area contributed by atoms with Crippen LogP contribution in [0.1, 0.15) is 45.7 Å². The van der Waals surface area contributed by atoms with Crippen molar-refractivity contribution in [1.29, 1.82) is 0 Å². The van der Waals surface area contributed by atoms with Crippen molar-refractivity contribution in [3.8, 4) is 0 Å². The third-order valence-corrected chi connectivity index (χ3v) is 2.65. The molecule has 0 unspecified atom stereocenters. The maximum atomic E-state index is 11.5. The zero-order valence-electron chi connectivity index (χ0n) is 12.2. The molecule has 0 aliphatic heterocycles. The van der Waals surface area contributed by atoms with E-state index in [9.17, 15) is 4.79 Å². The van der Waals surface area contributed by atoms with Crippen molar-refractivity contribution < 1.29 is 4.74 Å². The van der Waals surface area contributed by atoms with E-state index in [4.69, 9.17) is 4.74 Å². The van der Waals surface area contributed by atoms with Crippen LogP contribution in [0.25, 0.3) is 0 Å². The summed E-state index contributed by atoms with van der Waals surface area (Å²) in [6.07, 6.45) is 4.16. The summed E-state index contributed by atoms with van der Waals surface area (Å²) in [5.41, 5.74) is 0.758. The van der Waals surface area contributed by atoms with Gasteiger partial charge in [-0.3, -0.25) is 9.78 Å². The summed E-state index contributed by atoms with van der Waals surface area (Å²) in [5.74, 6) is 0.558. The molecule has 2 N–H and O–H groups in total. The van der Waals surface area contributed by atoms with Crippen molar-refractivity contribution in [3.63, 3.8) is 0 Å². The highest BCUT2D eigenvalue weighted by Gasteiger charge is 2.01. The lowest BCUT2D eigenvalue weighted by Crippen LogP contribution is -2.16. The van der Waals surface area contributed by atoms with Gasteiger partial charge >= 0.3 is 0 Å². The quantitative estimate of drug-likeness (QED) is 0.674.